The zero-order chi connectivity index (χ0) is 18.4. The Kier molecular flexibility index (Phi) is 6.81. The second-order valence-corrected chi connectivity index (χ2v) is 7.15. The Balaban J connectivity index is 1.54. The summed E-state index contributed by atoms with van der Waals surface area (Å²) in [5.41, 5.74) is 3.83. The van der Waals surface area contributed by atoms with Crippen molar-refractivity contribution in [3.8, 4) is 11.1 Å². The molecule has 3 heteroatoms. The molecule has 0 atom stereocenters. The summed E-state index contributed by atoms with van der Waals surface area (Å²) in [5, 5.41) is 0. The average molecular weight is 356 g/mol. The Hall–Kier alpha value is -1.71. The second-order valence-electron chi connectivity index (χ2n) is 7.15. The fourth-order valence-electron chi connectivity index (χ4n) is 3.47. The van der Waals surface area contributed by atoms with Gasteiger partial charge in [0.25, 0.3) is 0 Å². The van der Waals surface area contributed by atoms with Crippen molar-refractivity contribution in [2.24, 2.45) is 5.92 Å². The van der Waals surface area contributed by atoms with Gasteiger partial charge in [-0.1, -0.05) is 56.7 Å². The quantitative estimate of drug-likeness (QED) is 0.626. The van der Waals surface area contributed by atoms with E-state index in [1.165, 1.54) is 18.4 Å². The molecule has 0 aromatic heterocycles. The number of halogens is 1. The van der Waals surface area contributed by atoms with Crippen LogP contribution in [0.2, 0.25) is 0 Å². The monoisotopic (exact) mass is 356 g/mol. The molecule has 140 valence electrons. The van der Waals surface area contributed by atoms with Crippen LogP contribution >= 0.6 is 0 Å². The number of hydrogen-bond donors (Lipinski definition) is 0. The minimum absolute atomic E-state index is 0.0955. The van der Waals surface area contributed by atoms with E-state index in [0.717, 1.165) is 43.6 Å². The highest BCUT2D eigenvalue weighted by atomic mass is 19.1. The van der Waals surface area contributed by atoms with Gasteiger partial charge in [-0.05, 0) is 42.0 Å². The Morgan fingerprint density at radius 1 is 0.923 bits per heavy atom. The van der Waals surface area contributed by atoms with E-state index in [0.29, 0.717) is 11.5 Å². The summed E-state index contributed by atoms with van der Waals surface area (Å²) in [6.45, 7) is 5.85. The lowest BCUT2D eigenvalue weighted by Crippen LogP contribution is -2.32. The molecule has 2 aromatic carbocycles. The van der Waals surface area contributed by atoms with Crippen molar-refractivity contribution in [2.45, 2.75) is 52.2 Å². The molecular weight excluding hydrogens is 327 g/mol. The summed E-state index contributed by atoms with van der Waals surface area (Å²) in [6, 6.07) is 13.6. The molecule has 1 aliphatic heterocycles. The van der Waals surface area contributed by atoms with Crippen LogP contribution in [0.1, 0.15) is 44.2 Å². The topological polar surface area (TPSA) is 18.5 Å². The fourth-order valence-corrected chi connectivity index (χ4v) is 3.47. The summed E-state index contributed by atoms with van der Waals surface area (Å²) >= 11 is 0. The van der Waals surface area contributed by atoms with Gasteiger partial charge < -0.3 is 9.47 Å². The van der Waals surface area contributed by atoms with E-state index in [2.05, 4.69) is 19.1 Å². The smallest absolute Gasteiger partial charge is 0.157 e. The molecule has 1 fully saturated rings. The van der Waals surface area contributed by atoms with E-state index in [1.807, 2.05) is 31.2 Å². The van der Waals surface area contributed by atoms with E-state index in [-0.39, 0.29) is 12.1 Å². The molecule has 1 saturated heterocycles. The maximum atomic E-state index is 14.3. The summed E-state index contributed by atoms with van der Waals surface area (Å²) in [6.07, 6.45) is 4.86. The van der Waals surface area contributed by atoms with Crippen LogP contribution in [-0.2, 0) is 22.3 Å². The Morgan fingerprint density at radius 2 is 1.62 bits per heavy atom. The van der Waals surface area contributed by atoms with Gasteiger partial charge in [0, 0.05) is 17.9 Å². The SMILES string of the molecule is CCCC1COC(CCc2ccc(-c3ccc(CC)cc3F)cc2)OC1. The van der Waals surface area contributed by atoms with Gasteiger partial charge in [0.15, 0.2) is 6.29 Å². The summed E-state index contributed by atoms with van der Waals surface area (Å²) in [4.78, 5) is 0. The van der Waals surface area contributed by atoms with E-state index >= 15 is 0 Å². The van der Waals surface area contributed by atoms with Crippen LogP contribution < -0.4 is 0 Å². The normalized spacial score (nSPS) is 20.3. The zero-order valence-corrected chi connectivity index (χ0v) is 15.8. The predicted octanol–water partition coefficient (Wildman–Crippen LogP) is 5.78. The van der Waals surface area contributed by atoms with Crippen LogP contribution in [0.25, 0.3) is 11.1 Å². The molecule has 0 amide bonds. The molecule has 1 aliphatic rings. The van der Waals surface area contributed by atoms with E-state index in [4.69, 9.17) is 9.47 Å². The van der Waals surface area contributed by atoms with Crippen LogP contribution in [0.4, 0.5) is 4.39 Å². The van der Waals surface area contributed by atoms with Gasteiger partial charge >= 0.3 is 0 Å². The molecular formula is C23H29FO2. The number of benzene rings is 2. The number of ether oxygens (including phenoxy) is 2. The first-order chi connectivity index (χ1) is 12.7. The van der Waals surface area contributed by atoms with Gasteiger partial charge in [-0.2, -0.15) is 0 Å². The minimum Gasteiger partial charge on any atom is -0.352 e. The zero-order valence-electron chi connectivity index (χ0n) is 15.8. The standard InChI is InChI=1S/C23H29FO2/c1-3-5-19-15-25-23(26-16-19)13-9-18-6-10-20(11-7-18)21-12-8-17(4-2)14-22(21)24/h6-8,10-12,14,19,23H,3-5,9,13,15-16H2,1-2H3. The molecule has 2 aromatic rings. The van der Waals surface area contributed by atoms with Crippen molar-refractivity contribution < 1.29 is 13.9 Å². The minimum atomic E-state index is -0.150. The first kappa shape index (κ1) is 19.1. The number of rotatable bonds is 7. The Labute approximate surface area is 156 Å². The predicted molar refractivity (Wildman–Crippen MR) is 104 cm³/mol. The van der Waals surface area contributed by atoms with Crippen molar-refractivity contribution in [3.05, 3.63) is 59.4 Å². The van der Waals surface area contributed by atoms with E-state index in [1.54, 1.807) is 6.07 Å². The molecule has 0 bridgehead atoms. The van der Waals surface area contributed by atoms with Gasteiger partial charge in [-0.25, -0.2) is 4.39 Å². The van der Waals surface area contributed by atoms with Crippen LogP contribution in [0.15, 0.2) is 42.5 Å². The third-order valence-electron chi connectivity index (χ3n) is 5.11. The molecule has 2 nitrogen and oxygen atoms in total. The average Bonchev–Trinajstić information content (AvgIpc) is 2.68. The fraction of sp³-hybridized carbons (Fsp3) is 0.478. The van der Waals surface area contributed by atoms with Gasteiger partial charge in [0.2, 0.25) is 0 Å². The largest absolute Gasteiger partial charge is 0.352 e. The van der Waals surface area contributed by atoms with Crippen LogP contribution in [0.3, 0.4) is 0 Å². The molecule has 0 unspecified atom stereocenters. The third-order valence-corrected chi connectivity index (χ3v) is 5.11. The highest BCUT2D eigenvalue weighted by Crippen LogP contribution is 2.25. The van der Waals surface area contributed by atoms with Crippen LogP contribution in [-0.4, -0.2) is 19.5 Å². The van der Waals surface area contributed by atoms with E-state index in [9.17, 15) is 4.39 Å². The molecule has 0 N–H and O–H groups in total. The summed E-state index contributed by atoms with van der Waals surface area (Å²) in [7, 11) is 0. The van der Waals surface area contributed by atoms with Gasteiger partial charge in [-0.15, -0.1) is 0 Å². The lowest BCUT2D eigenvalue weighted by atomic mass is 10.00. The van der Waals surface area contributed by atoms with E-state index < -0.39 is 0 Å². The van der Waals surface area contributed by atoms with Crippen molar-refractivity contribution in [1.29, 1.82) is 0 Å². The molecule has 0 saturated carbocycles. The molecule has 0 spiro atoms. The van der Waals surface area contributed by atoms with Crippen molar-refractivity contribution in [1.82, 2.24) is 0 Å². The second kappa shape index (κ2) is 9.29. The van der Waals surface area contributed by atoms with Crippen LogP contribution in [0.5, 0.6) is 0 Å². The Morgan fingerprint density at radius 3 is 2.23 bits per heavy atom. The first-order valence-electron chi connectivity index (χ1n) is 9.80. The number of aryl methyl sites for hydroxylation is 2. The van der Waals surface area contributed by atoms with Crippen LogP contribution in [0, 0.1) is 11.7 Å². The maximum absolute atomic E-state index is 14.3. The van der Waals surface area contributed by atoms with Gasteiger partial charge in [-0.3, -0.25) is 0 Å². The van der Waals surface area contributed by atoms with Crippen molar-refractivity contribution in [2.75, 3.05) is 13.2 Å². The highest BCUT2D eigenvalue weighted by Gasteiger charge is 2.21. The first-order valence-corrected chi connectivity index (χ1v) is 9.80. The molecule has 0 radical (unpaired) electrons. The third kappa shape index (κ3) is 4.93. The lowest BCUT2D eigenvalue weighted by Gasteiger charge is -2.29. The lowest BCUT2D eigenvalue weighted by molar-refractivity contribution is -0.203. The number of hydrogen-bond acceptors (Lipinski definition) is 2. The van der Waals surface area contributed by atoms with Crippen molar-refractivity contribution in [3.63, 3.8) is 0 Å². The Bertz CT molecular complexity index is 688. The summed E-state index contributed by atoms with van der Waals surface area (Å²) < 4.78 is 25.9. The van der Waals surface area contributed by atoms with Gasteiger partial charge in [0.1, 0.15) is 5.82 Å². The maximum Gasteiger partial charge on any atom is 0.157 e. The van der Waals surface area contributed by atoms with Gasteiger partial charge in [0.05, 0.1) is 13.2 Å². The molecule has 26 heavy (non-hydrogen) atoms. The summed E-state index contributed by atoms with van der Waals surface area (Å²) in [5.74, 6) is 0.396. The molecule has 1 heterocycles. The molecule has 0 aliphatic carbocycles. The van der Waals surface area contributed by atoms with Crippen molar-refractivity contribution >= 4 is 0 Å². The molecule has 3 rings (SSSR count). The highest BCUT2D eigenvalue weighted by molar-refractivity contribution is 5.64.